The first kappa shape index (κ1) is 20.5. The van der Waals surface area contributed by atoms with Gasteiger partial charge >= 0.3 is 0 Å². The van der Waals surface area contributed by atoms with Crippen LogP contribution in [-0.2, 0) is 17.6 Å². The molecule has 4 rings (SSSR count). The average Bonchev–Trinajstić information content (AvgIpc) is 3.23. The van der Waals surface area contributed by atoms with Gasteiger partial charge in [-0.15, -0.1) is 0 Å². The van der Waals surface area contributed by atoms with E-state index in [1.807, 2.05) is 23.1 Å². The van der Waals surface area contributed by atoms with Crippen molar-refractivity contribution in [3.63, 3.8) is 0 Å². The Kier molecular flexibility index (Phi) is 6.38. The predicted molar refractivity (Wildman–Crippen MR) is 117 cm³/mol. The molecule has 0 unspecified atom stereocenters. The largest absolute Gasteiger partial charge is 0.343 e. The minimum Gasteiger partial charge on any atom is -0.343 e. The third-order valence-electron chi connectivity index (χ3n) is 5.42. The van der Waals surface area contributed by atoms with Crippen LogP contribution in [0.1, 0.15) is 30.3 Å². The molecule has 5 nitrogen and oxygen atoms in total. The molecule has 2 heterocycles. The molecule has 0 radical (unpaired) electrons. The second-order valence-electron chi connectivity index (χ2n) is 7.66. The summed E-state index contributed by atoms with van der Waals surface area (Å²) in [6.45, 7) is 4.30. The second-order valence-corrected chi connectivity index (χ2v) is 8.39. The Bertz CT molecular complexity index is 976. The van der Waals surface area contributed by atoms with Gasteiger partial charge in [0.2, 0.25) is 11.0 Å². The fourth-order valence-electron chi connectivity index (χ4n) is 3.77. The van der Waals surface area contributed by atoms with Gasteiger partial charge in [0.25, 0.3) is 0 Å². The number of hydrogen-bond donors (Lipinski definition) is 0. The Labute approximate surface area is 180 Å². The third kappa shape index (κ3) is 5.02. The summed E-state index contributed by atoms with van der Waals surface area (Å²) in [5, 5.41) is 0.885. The van der Waals surface area contributed by atoms with Crippen LogP contribution >= 0.6 is 11.5 Å². The van der Waals surface area contributed by atoms with Crippen molar-refractivity contribution in [1.82, 2.24) is 14.3 Å². The Morgan fingerprint density at radius 2 is 1.87 bits per heavy atom. The molecule has 3 aromatic rings. The van der Waals surface area contributed by atoms with Crippen molar-refractivity contribution in [2.24, 2.45) is 0 Å². The fraction of sp³-hybridized carbons (Fsp3) is 0.348. The highest BCUT2D eigenvalue weighted by Gasteiger charge is 2.28. The summed E-state index contributed by atoms with van der Waals surface area (Å²) in [4.78, 5) is 21.6. The lowest BCUT2D eigenvalue weighted by molar-refractivity contribution is -0.133. The predicted octanol–water partition coefficient (Wildman–Crippen LogP) is 3.94. The van der Waals surface area contributed by atoms with E-state index in [4.69, 9.17) is 0 Å². The van der Waals surface area contributed by atoms with Gasteiger partial charge in [-0.05, 0) is 36.6 Å². The highest BCUT2D eigenvalue weighted by molar-refractivity contribution is 7.09. The van der Waals surface area contributed by atoms with Crippen molar-refractivity contribution in [2.45, 2.75) is 32.2 Å². The van der Waals surface area contributed by atoms with Crippen LogP contribution in [0.4, 0.5) is 9.52 Å². The normalized spacial score (nSPS) is 16.7. The molecule has 2 aromatic carbocycles. The van der Waals surface area contributed by atoms with Gasteiger partial charge in [-0.2, -0.15) is 4.37 Å². The zero-order chi connectivity index (χ0) is 20.9. The molecule has 7 heteroatoms. The fourth-order valence-corrected chi connectivity index (χ4v) is 4.49. The van der Waals surface area contributed by atoms with E-state index in [0.29, 0.717) is 19.4 Å². The Morgan fingerprint density at radius 3 is 2.60 bits per heavy atom. The Hall–Kier alpha value is -2.80. The molecule has 1 amide bonds. The van der Waals surface area contributed by atoms with E-state index >= 15 is 0 Å². The van der Waals surface area contributed by atoms with E-state index in [9.17, 15) is 9.18 Å². The van der Waals surface area contributed by atoms with Gasteiger partial charge in [0.1, 0.15) is 11.6 Å². The maximum absolute atomic E-state index is 13.1. The molecule has 1 aliphatic heterocycles. The smallest absolute Gasteiger partial charge is 0.223 e. The highest BCUT2D eigenvalue weighted by atomic mass is 32.1. The summed E-state index contributed by atoms with van der Waals surface area (Å²) in [5.41, 5.74) is 2.18. The van der Waals surface area contributed by atoms with Crippen LogP contribution in [0.3, 0.4) is 0 Å². The number of aryl methyl sites for hydroxylation is 1. The first-order valence-corrected chi connectivity index (χ1v) is 11.0. The molecule has 1 saturated heterocycles. The summed E-state index contributed by atoms with van der Waals surface area (Å²) in [7, 11) is 0. The van der Waals surface area contributed by atoms with Crippen molar-refractivity contribution >= 4 is 22.6 Å². The number of piperazine rings is 1. The van der Waals surface area contributed by atoms with E-state index in [0.717, 1.165) is 36.0 Å². The number of aromatic nitrogens is 2. The second kappa shape index (κ2) is 9.34. The number of halogens is 1. The SMILES string of the molecule is C[C@@H]1CN(c2nc(Cc3ccc(F)cc3)ns2)CCN1C(=O)CCc1ccccc1. The van der Waals surface area contributed by atoms with Crippen molar-refractivity contribution in [2.75, 3.05) is 24.5 Å². The van der Waals surface area contributed by atoms with Crippen molar-refractivity contribution < 1.29 is 9.18 Å². The maximum Gasteiger partial charge on any atom is 0.223 e. The number of amides is 1. The standard InChI is InChI=1S/C23H25FN4OS/c1-17-16-27(13-14-28(17)22(29)12-9-18-5-3-2-4-6-18)23-25-21(26-30-23)15-19-7-10-20(24)11-8-19/h2-8,10-11,17H,9,12-16H2,1H3/t17-/m1/s1. The van der Waals surface area contributed by atoms with Gasteiger partial charge < -0.3 is 9.80 Å². The number of benzene rings is 2. The number of nitrogens with zero attached hydrogens (tertiary/aromatic N) is 4. The molecule has 156 valence electrons. The maximum atomic E-state index is 13.1. The summed E-state index contributed by atoms with van der Waals surface area (Å²) >= 11 is 1.38. The van der Waals surface area contributed by atoms with E-state index in [-0.39, 0.29) is 17.8 Å². The molecule has 1 atom stereocenters. The number of carbonyl (C=O) groups is 1. The van der Waals surface area contributed by atoms with E-state index in [1.165, 1.54) is 29.2 Å². The van der Waals surface area contributed by atoms with Crippen LogP contribution < -0.4 is 4.90 Å². The van der Waals surface area contributed by atoms with Gasteiger partial charge in [0.15, 0.2) is 0 Å². The summed E-state index contributed by atoms with van der Waals surface area (Å²) in [6.07, 6.45) is 1.90. The number of carbonyl (C=O) groups excluding carboxylic acids is 1. The molecular weight excluding hydrogens is 399 g/mol. The quantitative estimate of drug-likeness (QED) is 0.602. The minimum absolute atomic E-state index is 0.131. The van der Waals surface area contributed by atoms with Crippen LogP contribution in [0, 0.1) is 5.82 Å². The Balaban J connectivity index is 1.31. The van der Waals surface area contributed by atoms with Crippen LogP contribution in [-0.4, -0.2) is 45.8 Å². The van der Waals surface area contributed by atoms with Crippen molar-refractivity contribution in [3.8, 4) is 0 Å². The van der Waals surface area contributed by atoms with E-state index in [2.05, 4.69) is 33.3 Å². The average molecular weight is 425 g/mol. The van der Waals surface area contributed by atoms with E-state index in [1.54, 1.807) is 12.1 Å². The highest BCUT2D eigenvalue weighted by Crippen LogP contribution is 2.23. The molecule has 0 N–H and O–H groups in total. The third-order valence-corrected chi connectivity index (χ3v) is 6.24. The summed E-state index contributed by atoms with van der Waals surface area (Å²) < 4.78 is 17.5. The van der Waals surface area contributed by atoms with Crippen molar-refractivity contribution in [3.05, 3.63) is 77.4 Å². The first-order valence-electron chi connectivity index (χ1n) is 10.2. The lowest BCUT2D eigenvalue weighted by Crippen LogP contribution is -2.54. The first-order chi connectivity index (χ1) is 14.6. The number of hydrogen-bond acceptors (Lipinski definition) is 5. The Morgan fingerprint density at radius 1 is 1.10 bits per heavy atom. The summed E-state index contributed by atoms with van der Waals surface area (Å²) in [6, 6.07) is 16.7. The molecule has 0 spiro atoms. The van der Waals surface area contributed by atoms with E-state index < -0.39 is 0 Å². The molecule has 1 aromatic heterocycles. The zero-order valence-corrected chi connectivity index (χ0v) is 17.8. The van der Waals surface area contributed by atoms with Crippen LogP contribution in [0.15, 0.2) is 54.6 Å². The number of anilines is 1. The van der Waals surface area contributed by atoms with Gasteiger partial charge in [-0.25, -0.2) is 9.37 Å². The van der Waals surface area contributed by atoms with Crippen LogP contribution in [0.2, 0.25) is 0 Å². The van der Waals surface area contributed by atoms with Crippen molar-refractivity contribution in [1.29, 1.82) is 0 Å². The molecule has 0 aliphatic carbocycles. The summed E-state index contributed by atoms with van der Waals surface area (Å²) in [5.74, 6) is 0.715. The van der Waals surface area contributed by atoms with Crippen LogP contribution in [0.25, 0.3) is 0 Å². The zero-order valence-electron chi connectivity index (χ0n) is 17.0. The molecule has 1 fully saturated rings. The lowest BCUT2D eigenvalue weighted by atomic mass is 10.1. The lowest BCUT2D eigenvalue weighted by Gasteiger charge is -2.39. The van der Waals surface area contributed by atoms with Gasteiger partial charge in [0.05, 0.1) is 0 Å². The molecule has 1 aliphatic rings. The van der Waals surface area contributed by atoms with Gasteiger partial charge in [-0.1, -0.05) is 42.5 Å². The number of rotatable bonds is 6. The molecular formula is C23H25FN4OS. The molecule has 30 heavy (non-hydrogen) atoms. The monoisotopic (exact) mass is 424 g/mol. The van der Waals surface area contributed by atoms with Gasteiger partial charge in [0, 0.05) is 50.1 Å². The molecule has 0 saturated carbocycles. The molecule has 0 bridgehead atoms. The van der Waals surface area contributed by atoms with Crippen LogP contribution in [0.5, 0.6) is 0 Å². The topological polar surface area (TPSA) is 49.3 Å². The van der Waals surface area contributed by atoms with Gasteiger partial charge in [-0.3, -0.25) is 4.79 Å². The minimum atomic E-state index is -0.240.